The van der Waals surface area contributed by atoms with Crippen LogP contribution in [0.3, 0.4) is 0 Å². The largest absolute Gasteiger partial charge is 0.445 e. The number of amides is 1. The van der Waals surface area contributed by atoms with Crippen LogP contribution in [0.4, 0.5) is 4.79 Å². The lowest BCUT2D eigenvalue weighted by atomic mass is 10.0. The van der Waals surface area contributed by atoms with E-state index in [1.165, 1.54) is 7.05 Å². The number of carbonyl (C=O) groups is 1. The Hall–Kier alpha value is -3.05. The first kappa shape index (κ1) is 24.3. The van der Waals surface area contributed by atoms with Gasteiger partial charge in [0.1, 0.15) is 6.61 Å². The van der Waals surface area contributed by atoms with E-state index in [1.807, 2.05) is 42.5 Å². The third-order valence-electron chi connectivity index (χ3n) is 7.51. The number of benzene rings is 2. The first-order valence-corrected chi connectivity index (χ1v) is 13.9. The Bertz CT molecular complexity index is 1470. The van der Waals surface area contributed by atoms with Gasteiger partial charge in [-0.15, -0.1) is 0 Å². The standard InChI is InChI=1S/C27H29N3O6S/c1-30(27(32)15-35-16-27)37(33,34)25-22-11-21(29-26(31)36-14-17-5-3-2-4-6-17)10-19(22)9-20-13-28-24(12-23(20)25)18-7-8-18/h2-6,9,12-13,18,21,32H,7-8,10-11,14-16H2,1H3,(H,29,31). The van der Waals surface area contributed by atoms with Crippen molar-refractivity contribution in [2.24, 2.45) is 0 Å². The molecule has 1 aliphatic heterocycles. The van der Waals surface area contributed by atoms with Crippen LogP contribution in [0.5, 0.6) is 0 Å². The number of carbonyl (C=O) groups excluding carboxylic acids is 1. The van der Waals surface area contributed by atoms with E-state index in [-0.39, 0.29) is 30.8 Å². The molecule has 2 heterocycles. The minimum Gasteiger partial charge on any atom is -0.445 e. The quantitative estimate of drug-likeness (QED) is 0.457. The number of sulfonamides is 1. The molecule has 1 atom stereocenters. The third kappa shape index (κ3) is 4.48. The van der Waals surface area contributed by atoms with Gasteiger partial charge in [0.25, 0.3) is 0 Å². The van der Waals surface area contributed by atoms with E-state index in [2.05, 4.69) is 10.3 Å². The molecule has 1 saturated heterocycles. The van der Waals surface area contributed by atoms with Crippen LogP contribution >= 0.6 is 0 Å². The monoisotopic (exact) mass is 523 g/mol. The minimum absolute atomic E-state index is 0.0813. The molecule has 1 saturated carbocycles. The molecule has 37 heavy (non-hydrogen) atoms. The van der Waals surface area contributed by atoms with E-state index < -0.39 is 21.8 Å². The van der Waals surface area contributed by atoms with Crippen LogP contribution in [0.1, 0.15) is 41.1 Å². The zero-order chi connectivity index (χ0) is 25.8. The number of hydrogen-bond donors (Lipinski definition) is 2. The molecule has 2 aromatic carbocycles. The highest BCUT2D eigenvalue weighted by atomic mass is 32.2. The van der Waals surface area contributed by atoms with Gasteiger partial charge in [0, 0.05) is 41.7 Å². The SMILES string of the molecule is CN(C1(O)COC1)S(=O)(=O)c1c2c(cc3cnc(C4CC4)cc13)CC(NC(=O)OCc1ccccc1)C2. The molecular weight excluding hydrogens is 494 g/mol. The summed E-state index contributed by atoms with van der Waals surface area (Å²) in [6.45, 7) is -0.0130. The first-order valence-electron chi connectivity index (χ1n) is 12.5. The van der Waals surface area contributed by atoms with Crippen molar-refractivity contribution < 1.29 is 27.8 Å². The summed E-state index contributed by atoms with van der Waals surface area (Å²) in [4.78, 5) is 17.3. The Kier molecular flexibility index (Phi) is 5.95. The number of nitrogens with one attached hydrogen (secondary N) is 1. The lowest BCUT2D eigenvalue weighted by Crippen LogP contribution is -2.62. The first-order chi connectivity index (χ1) is 17.7. The second kappa shape index (κ2) is 9.05. The number of hydrogen-bond acceptors (Lipinski definition) is 7. The van der Waals surface area contributed by atoms with Crippen LogP contribution in [0.2, 0.25) is 0 Å². The van der Waals surface area contributed by atoms with Crippen molar-refractivity contribution in [2.45, 2.75) is 54.9 Å². The number of alkyl carbamates (subject to hydrolysis) is 1. The van der Waals surface area contributed by atoms with Gasteiger partial charge in [-0.1, -0.05) is 30.3 Å². The number of aliphatic hydroxyl groups is 1. The van der Waals surface area contributed by atoms with E-state index in [4.69, 9.17) is 9.47 Å². The van der Waals surface area contributed by atoms with Crippen LogP contribution in [-0.4, -0.2) is 60.9 Å². The van der Waals surface area contributed by atoms with Crippen molar-refractivity contribution in [3.05, 3.63) is 71.0 Å². The lowest BCUT2D eigenvalue weighted by molar-refractivity contribution is -0.227. The molecule has 2 N–H and O–H groups in total. The van der Waals surface area contributed by atoms with Crippen molar-refractivity contribution >= 4 is 26.9 Å². The molecule has 2 aliphatic carbocycles. The zero-order valence-electron chi connectivity index (χ0n) is 20.5. The summed E-state index contributed by atoms with van der Waals surface area (Å²) in [5, 5.41) is 15.0. The Labute approximate surface area is 215 Å². The molecule has 3 aliphatic rings. The average Bonchev–Trinajstić information content (AvgIpc) is 3.65. The van der Waals surface area contributed by atoms with Crippen LogP contribution in [0, 0.1) is 0 Å². The lowest BCUT2D eigenvalue weighted by Gasteiger charge is -2.42. The van der Waals surface area contributed by atoms with Crippen molar-refractivity contribution in [1.29, 1.82) is 0 Å². The second-order valence-corrected chi connectivity index (χ2v) is 12.1. The van der Waals surface area contributed by atoms with Crippen molar-refractivity contribution in [1.82, 2.24) is 14.6 Å². The van der Waals surface area contributed by atoms with Gasteiger partial charge in [0.15, 0.2) is 5.72 Å². The maximum Gasteiger partial charge on any atom is 0.407 e. The number of rotatable bonds is 7. The molecule has 9 nitrogen and oxygen atoms in total. The summed E-state index contributed by atoms with van der Waals surface area (Å²) in [5.41, 5.74) is 1.68. The van der Waals surface area contributed by atoms with Gasteiger partial charge in [-0.25, -0.2) is 13.2 Å². The fourth-order valence-corrected chi connectivity index (χ4v) is 6.93. The molecular formula is C27H29N3O6S. The Morgan fingerprint density at radius 3 is 2.65 bits per heavy atom. The van der Waals surface area contributed by atoms with Gasteiger partial charge in [-0.2, -0.15) is 4.31 Å². The van der Waals surface area contributed by atoms with Gasteiger partial charge in [-0.3, -0.25) is 4.98 Å². The summed E-state index contributed by atoms with van der Waals surface area (Å²) in [6, 6.07) is 12.9. The van der Waals surface area contributed by atoms with Crippen LogP contribution in [0.25, 0.3) is 10.8 Å². The zero-order valence-corrected chi connectivity index (χ0v) is 21.3. The molecule has 194 valence electrons. The van der Waals surface area contributed by atoms with Gasteiger partial charge in [-0.05, 0) is 54.5 Å². The number of nitrogens with zero attached hydrogens (tertiary/aromatic N) is 2. The maximum absolute atomic E-state index is 14.0. The topological polar surface area (TPSA) is 118 Å². The summed E-state index contributed by atoms with van der Waals surface area (Å²) in [5.74, 6) is 0.351. The van der Waals surface area contributed by atoms with E-state index in [1.54, 1.807) is 6.20 Å². The predicted octanol–water partition coefficient (Wildman–Crippen LogP) is 2.85. The maximum atomic E-state index is 14.0. The number of likely N-dealkylation sites (N-methyl/N-ethyl adjacent to an activating group) is 1. The smallest absolute Gasteiger partial charge is 0.407 e. The fourth-order valence-electron chi connectivity index (χ4n) is 5.12. The highest BCUT2D eigenvalue weighted by molar-refractivity contribution is 7.89. The minimum atomic E-state index is -4.10. The van der Waals surface area contributed by atoms with E-state index in [9.17, 15) is 18.3 Å². The van der Waals surface area contributed by atoms with Gasteiger partial charge >= 0.3 is 6.09 Å². The molecule has 1 aromatic heterocycles. The molecule has 1 unspecified atom stereocenters. The summed E-state index contributed by atoms with van der Waals surface area (Å²) < 4.78 is 39.5. The molecule has 0 spiro atoms. The van der Waals surface area contributed by atoms with Crippen LogP contribution < -0.4 is 5.32 Å². The Balaban J connectivity index is 1.32. The Morgan fingerprint density at radius 2 is 1.97 bits per heavy atom. The van der Waals surface area contributed by atoms with Gasteiger partial charge in [0.2, 0.25) is 10.0 Å². The van der Waals surface area contributed by atoms with Crippen molar-refractivity contribution in [2.75, 3.05) is 20.3 Å². The molecule has 10 heteroatoms. The number of pyridine rings is 1. The van der Waals surface area contributed by atoms with Gasteiger partial charge in [0.05, 0.1) is 18.1 Å². The highest BCUT2D eigenvalue weighted by Crippen LogP contribution is 2.43. The molecule has 2 fully saturated rings. The summed E-state index contributed by atoms with van der Waals surface area (Å²) in [7, 11) is -2.71. The molecule has 0 bridgehead atoms. The normalized spacial score (nSPS) is 20.5. The van der Waals surface area contributed by atoms with Crippen molar-refractivity contribution in [3.63, 3.8) is 0 Å². The molecule has 3 aromatic rings. The average molecular weight is 524 g/mol. The highest BCUT2D eigenvalue weighted by Gasteiger charge is 2.48. The predicted molar refractivity (Wildman–Crippen MR) is 135 cm³/mol. The number of fused-ring (bicyclic) bond motifs is 2. The van der Waals surface area contributed by atoms with Gasteiger partial charge < -0.3 is 19.9 Å². The van der Waals surface area contributed by atoms with Crippen molar-refractivity contribution in [3.8, 4) is 0 Å². The molecule has 0 radical (unpaired) electrons. The fraction of sp³-hybridized carbons (Fsp3) is 0.407. The van der Waals surface area contributed by atoms with Crippen LogP contribution in [0.15, 0.2) is 53.6 Å². The molecule has 6 rings (SSSR count). The number of ether oxygens (including phenoxy) is 2. The summed E-state index contributed by atoms with van der Waals surface area (Å²) in [6.07, 6.45) is 4.07. The van der Waals surface area contributed by atoms with E-state index in [0.717, 1.165) is 39.4 Å². The third-order valence-corrected chi connectivity index (χ3v) is 9.55. The molecule has 1 amide bonds. The van der Waals surface area contributed by atoms with E-state index in [0.29, 0.717) is 29.7 Å². The number of aromatic nitrogens is 1. The Morgan fingerprint density at radius 1 is 1.22 bits per heavy atom. The van der Waals surface area contributed by atoms with E-state index >= 15 is 0 Å². The summed E-state index contributed by atoms with van der Waals surface area (Å²) >= 11 is 0. The second-order valence-electron chi connectivity index (χ2n) is 10.2. The van der Waals surface area contributed by atoms with Crippen LogP contribution in [-0.2, 0) is 38.9 Å².